The fraction of sp³-hybridized carbons (Fsp3) is 0.267. The van der Waals surface area contributed by atoms with Crippen LogP contribution in [0.4, 0.5) is 5.69 Å². The van der Waals surface area contributed by atoms with Crippen molar-refractivity contribution >= 4 is 11.7 Å². The molecule has 0 unspecified atom stereocenters. The summed E-state index contributed by atoms with van der Waals surface area (Å²) in [6.45, 7) is 2.31. The highest BCUT2D eigenvalue weighted by atomic mass is 16.5. The number of rotatable bonds is 5. The van der Waals surface area contributed by atoms with E-state index >= 15 is 0 Å². The lowest BCUT2D eigenvalue weighted by molar-refractivity contribution is 0.0661. The highest BCUT2D eigenvalue weighted by Crippen LogP contribution is 2.28. The van der Waals surface area contributed by atoms with Crippen LogP contribution in [0.25, 0.3) is 0 Å². The summed E-state index contributed by atoms with van der Waals surface area (Å²) < 4.78 is 10.5. The summed E-state index contributed by atoms with van der Waals surface area (Å²) >= 11 is 0. The minimum Gasteiger partial charge on any atom is -0.495 e. The number of ether oxygens (including phenoxy) is 1. The van der Waals surface area contributed by atoms with Crippen molar-refractivity contribution in [2.75, 3.05) is 19.1 Å². The molecule has 0 spiro atoms. The molecule has 0 fully saturated rings. The van der Waals surface area contributed by atoms with Crippen LogP contribution in [-0.4, -0.2) is 25.2 Å². The smallest absolute Gasteiger partial charge is 0.371 e. The van der Waals surface area contributed by atoms with Crippen LogP contribution in [0.5, 0.6) is 5.75 Å². The van der Waals surface area contributed by atoms with E-state index in [1.165, 1.54) is 0 Å². The molecular weight excluding hydrogens is 258 g/mol. The second kappa shape index (κ2) is 5.69. The van der Waals surface area contributed by atoms with E-state index in [0.29, 0.717) is 12.3 Å². The molecule has 0 aliphatic carbocycles. The monoisotopic (exact) mass is 275 g/mol. The van der Waals surface area contributed by atoms with Crippen molar-refractivity contribution in [3.63, 3.8) is 0 Å². The minimum atomic E-state index is -1.06. The van der Waals surface area contributed by atoms with Crippen molar-refractivity contribution < 1.29 is 19.1 Å². The molecule has 0 saturated heterocycles. The van der Waals surface area contributed by atoms with Gasteiger partial charge < -0.3 is 19.2 Å². The molecule has 2 aromatic rings. The minimum absolute atomic E-state index is 0.0362. The van der Waals surface area contributed by atoms with E-state index in [2.05, 4.69) is 0 Å². The van der Waals surface area contributed by atoms with Crippen LogP contribution in [-0.2, 0) is 6.54 Å². The summed E-state index contributed by atoms with van der Waals surface area (Å²) in [4.78, 5) is 12.9. The number of aryl methyl sites for hydroxylation is 1. The van der Waals surface area contributed by atoms with Gasteiger partial charge in [-0.25, -0.2) is 4.79 Å². The lowest BCUT2D eigenvalue weighted by Crippen LogP contribution is -2.17. The second-order valence-electron chi connectivity index (χ2n) is 4.53. The van der Waals surface area contributed by atoms with E-state index < -0.39 is 5.97 Å². The van der Waals surface area contributed by atoms with Gasteiger partial charge in [-0.1, -0.05) is 12.1 Å². The number of carboxylic acids is 1. The Morgan fingerprint density at radius 2 is 2.10 bits per heavy atom. The number of benzene rings is 1. The topological polar surface area (TPSA) is 62.9 Å². The van der Waals surface area contributed by atoms with Gasteiger partial charge in [0, 0.05) is 19.2 Å². The van der Waals surface area contributed by atoms with Crippen LogP contribution in [0.1, 0.15) is 21.9 Å². The zero-order chi connectivity index (χ0) is 14.7. The molecule has 2 rings (SSSR count). The first kappa shape index (κ1) is 14.0. The summed E-state index contributed by atoms with van der Waals surface area (Å²) in [5, 5.41) is 8.93. The normalized spacial score (nSPS) is 10.3. The van der Waals surface area contributed by atoms with Gasteiger partial charge in [-0.2, -0.15) is 0 Å². The van der Waals surface area contributed by atoms with Crippen LogP contribution >= 0.6 is 0 Å². The number of hydrogen-bond acceptors (Lipinski definition) is 4. The molecule has 0 bridgehead atoms. The van der Waals surface area contributed by atoms with Crippen LogP contribution in [0, 0.1) is 6.92 Å². The van der Waals surface area contributed by atoms with Gasteiger partial charge in [0.05, 0.1) is 12.8 Å². The van der Waals surface area contributed by atoms with E-state index in [1.807, 2.05) is 36.2 Å². The number of methoxy groups -OCH3 is 1. The number of nitrogens with zero attached hydrogens (tertiary/aromatic N) is 1. The average Bonchev–Trinajstić information content (AvgIpc) is 2.80. The average molecular weight is 275 g/mol. The largest absolute Gasteiger partial charge is 0.495 e. The molecule has 1 heterocycles. The Morgan fingerprint density at radius 1 is 1.40 bits per heavy atom. The van der Waals surface area contributed by atoms with Gasteiger partial charge in [0.15, 0.2) is 0 Å². The van der Waals surface area contributed by atoms with Gasteiger partial charge in [0.1, 0.15) is 11.5 Å². The van der Waals surface area contributed by atoms with Gasteiger partial charge in [0.2, 0.25) is 5.76 Å². The van der Waals surface area contributed by atoms with Gasteiger partial charge in [-0.3, -0.25) is 0 Å². The Morgan fingerprint density at radius 3 is 2.70 bits per heavy atom. The van der Waals surface area contributed by atoms with Crippen LogP contribution in [0.3, 0.4) is 0 Å². The molecule has 0 aliphatic heterocycles. The summed E-state index contributed by atoms with van der Waals surface area (Å²) in [5.74, 6) is 0.295. The lowest BCUT2D eigenvalue weighted by atomic mass is 10.2. The molecule has 20 heavy (non-hydrogen) atoms. The Bertz CT molecular complexity index is 618. The van der Waals surface area contributed by atoms with Gasteiger partial charge in [0.25, 0.3) is 0 Å². The molecule has 1 N–H and O–H groups in total. The van der Waals surface area contributed by atoms with Crippen molar-refractivity contribution in [1.82, 2.24) is 0 Å². The number of aromatic carboxylic acids is 1. The first-order valence-corrected chi connectivity index (χ1v) is 6.19. The number of hydrogen-bond donors (Lipinski definition) is 1. The van der Waals surface area contributed by atoms with Crippen LogP contribution in [0.15, 0.2) is 34.7 Å². The second-order valence-corrected chi connectivity index (χ2v) is 4.53. The van der Waals surface area contributed by atoms with Crippen molar-refractivity contribution in [1.29, 1.82) is 0 Å². The molecule has 0 aliphatic rings. The molecule has 1 aromatic carbocycles. The molecular formula is C15H17NO4. The summed E-state index contributed by atoms with van der Waals surface area (Å²) in [6.07, 6.45) is 0. The Hall–Kier alpha value is -2.43. The third-order valence-corrected chi connectivity index (χ3v) is 3.14. The van der Waals surface area contributed by atoms with Crippen LogP contribution in [0.2, 0.25) is 0 Å². The van der Waals surface area contributed by atoms with E-state index in [4.69, 9.17) is 14.3 Å². The predicted octanol–water partition coefficient (Wildman–Crippen LogP) is 2.93. The fourth-order valence-electron chi connectivity index (χ4n) is 2.07. The van der Waals surface area contributed by atoms with E-state index in [1.54, 1.807) is 20.1 Å². The highest BCUT2D eigenvalue weighted by Gasteiger charge is 2.15. The van der Waals surface area contributed by atoms with Crippen LogP contribution < -0.4 is 9.64 Å². The van der Waals surface area contributed by atoms with Crippen molar-refractivity contribution in [3.05, 3.63) is 47.4 Å². The van der Waals surface area contributed by atoms with Gasteiger partial charge in [-0.15, -0.1) is 0 Å². The fourth-order valence-corrected chi connectivity index (χ4v) is 2.07. The van der Waals surface area contributed by atoms with Crippen molar-refractivity contribution in [2.45, 2.75) is 13.5 Å². The third kappa shape index (κ3) is 2.77. The molecule has 5 heteroatoms. The number of carbonyl (C=O) groups is 1. The first-order valence-electron chi connectivity index (χ1n) is 6.19. The third-order valence-electron chi connectivity index (χ3n) is 3.14. The standard InChI is InChI=1S/C15H17NO4/c1-10-11(8-14(20-10)15(17)18)9-16(2)12-6-4-5-7-13(12)19-3/h4-8H,9H2,1-3H3,(H,17,18). The quantitative estimate of drug-likeness (QED) is 0.909. The lowest BCUT2D eigenvalue weighted by Gasteiger charge is -2.21. The number of anilines is 1. The number of furan rings is 1. The molecule has 1 aromatic heterocycles. The highest BCUT2D eigenvalue weighted by molar-refractivity contribution is 5.84. The molecule has 0 amide bonds. The molecule has 106 valence electrons. The SMILES string of the molecule is COc1ccccc1N(C)Cc1cc(C(=O)O)oc1C. The number of para-hydroxylation sites is 2. The van der Waals surface area contributed by atoms with Gasteiger partial charge in [-0.05, 0) is 25.1 Å². The van der Waals surface area contributed by atoms with E-state index in [0.717, 1.165) is 17.0 Å². The molecule has 5 nitrogen and oxygen atoms in total. The number of carboxylic acid groups (broad SMARTS) is 1. The van der Waals surface area contributed by atoms with Gasteiger partial charge >= 0.3 is 5.97 Å². The molecule has 0 radical (unpaired) electrons. The zero-order valence-corrected chi connectivity index (χ0v) is 11.7. The Labute approximate surface area is 117 Å². The summed E-state index contributed by atoms with van der Waals surface area (Å²) in [5.41, 5.74) is 1.78. The maximum absolute atomic E-state index is 10.9. The summed E-state index contributed by atoms with van der Waals surface area (Å²) in [7, 11) is 3.54. The van der Waals surface area contributed by atoms with E-state index in [9.17, 15) is 4.79 Å². The Kier molecular flexibility index (Phi) is 3.98. The zero-order valence-electron chi connectivity index (χ0n) is 11.7. The van der Waals surface area contributed by atoms with Crippen molar-refractivity contribution in [3.8, 4) is 5.75 Å². The first-order chi connectivity index (χ1) is 9.52. The molecule has 0 atom stereocenters. The maximum Gasteiger partial charge on any atom is 0.371 e. The molecule has 0 saturated carbocycles. The summed E-state index contributed by atoms with van der Waals surface area (Å²) in [6, 6.07) is 9.23. The maximum atomic E-state index is 10.9. The Balaban J connectivity index is 2.23. The van der Waals surface area contributed by atoms with Crippen molar-refractivity contribution in [2.24, 2.45) is 0 Å². The van der Waals surface area contributed by atoms with E-state index in [-0.39, 0.29) is 5.76 Å². The predicted molar refractivity (Wildman–Crippen MR) is 75.5 cm³/mol.